The number of carbonyl (C=O) groups is 1. The minimum absolute atomic E-state index is 0.142. The van der Waals surface area contributed by atoms with Crippen LogP contribution in [0.5, 0.6) is 0 Å². The van der Waals surface area contributed by atoms with E-state index < -0.39 is 0 Å². The molecule has 4 heteroatoms. The van der Waals surface area contributed by atoms with E-state index in [0.29, 0.717) is 13.0 Å². The molecule has 0 saturated carbocycles. The number of aryl methyl sites for hydroxylation is 1. The molecule has 2 rings (SSSR count). The highest BCUT2D eigenvalue weighted by Gasteiger charge is 2.03. The molecule has 4 nitrogen and oxygen atoms in total. The van der Waals surface area contributed by atoms with Crippen molar-refractivity contribution in [2.45, 2.75) is 26.2 Å². The Bertz CT molecular complexity index is 540. The first-order valence-electron chi connectivity index (χ1n) is 6.16. The lowest BCUT2D eigenvalue weighted by Gasteiger charge is -2.03. The van der Waals surface area contributed by atoms with Gasteiger partial charge in [-0.1, -0.05) is 0 Å². The lowest BCUT2D eigenvalue weighted by atomic mass is 10.1. The van der Waals surface area contributed by atoms with E-state index in [0.717, 1.165) is 29.6 Å². The minimum Gasteiger partial charge on any atom is -0.466 e. The molecular formula is C14H16N2O2. The molecular weight excluding hydrogens is 228 g/mol. The van der Waals surface area contributed by atoms with Gasteiger partial charge in [-0.3, -0.25) is 4.79 Å². The normalized spacial score (nSPS) is 10.5. The largest absolute Gasteiger partial charge is 0.466 e. The molecule has 0 unspecified atom stereocenters. The fourth-order valence-corrected chi connectivity index (χ4v) is 1.78. The van der Waals surface area contributed by atoms with Crippen LogP contribution in [0.2, 0.25) is 0 Å². The second-order valence-electron chi connectivity index (χ2n) is 4.01. The van der Waals surface area contributed by atoms with Gasteiger partial charge in [0.25, 0.3) is 0 Å². The number of esters is 1. The van der Waals surface area contributed by atoms with Crippen LogP contribution < -0.4 is 0 Å². The molecule has 0 aliphatic heterocycles. The Morgan fingerprint density at radius 2 is 2.22 bits per heavy atom. The molecule has 0 atom stereocenters. The van der Waals surface area contributed by atoms with E-state index in [2.05, 4.69) is 9.97 Å². The summed E-state index contributed by atoms with van der Waals surface area (Å²) in [5.74, 6) is -0.142. The maximum absolute atomic E-state index is 11.2. The molecule has 0 aliphatic rings. The number of hydrogen-bond acceptors (Lipinski definition) is 4. The van der Waals surface area contributed by atoms with Crippen LogP contribution in [-0.4, -0.2) is 22.5 Å². The molecule has 0 aliphatic carbocycles. The van der Waals surface area contributed by atoms with Gasteiger partial charge in [-0.15, -0.1) is 0 Å². The minimum atomic E-state index is -0.142. The standard InChI is InChI=1S/C14H16N2O2/c1-2-18-13(17)7-3-6-12-9-8-11-5-4-10-15-14(11)16-12/h4-5,8-10H,2-3,6-7H2,1H3. The van der Waals surface area contributed by atoms with Gasteiger partial charge in [0, 0.05) is 23.7 Å². The maximum atomic E-state index is 11.2. The Morgan fingerprint density at radius 1 is 1.33 bits per heavy atom. The van der Waals surface area contributed by atoms with Crippen molar-refractivity contribution in [2.75, 3.05) is 6.61 Å². The third kappa shape index (κ3) is 3.26. The summed E-state index contributed by atoms with van der Waals surface area (Å²) in [5, 5.41) is 1.03. The summed E-state index contributed by atoms with van der Waals surface area (Å²) in [6.45, 7) is 2.26. The van der Waals surface area contributed by atoms with Gasteiger partial charge < -0.3 is 4.74 Å². The number of carbonyl (C=O) groups excluding carboxylic acids is 1. The molecule has 2 heterocycles. The van der Waals surface area contributed by atoms with Crippen LogP contribution in [-0.2, 0) is 16.0 Å². The van der Waals surface area contributed by atoms with Gasteiger partial charge >= 0.3 is 5.97 Å². The van der Waals surface area contributed by atoms with Crippen molar-refractivity contribution >= 4 is 17.0 Å². The number of aromatic nitrogens is 2. The first-order chi connectivity index (χ1) is 8.79. The molecule has 0 aromatic carbocycles. The monoisotopic (exact) mass is 244 g/mol. The van der Waals surface area contributed by atoms with Crippen molar-refractivity contribution in [1.29, 1.82) is 0 Å². The quantitative estimate of drug-likeness (QED) is 0.758. The van der Waals surface area contributed by atoms with Crippen LogP contribution in [0, 0.1) is 0 Å². The Hall–Kier alpha value is -1.97. The van der Waals surface area contributed by atoms with Gasteiger partial charge in [0.15, 0.2) is 5.65 Å². The average molecular weight is 244 g/mol. The molecule has 0 fully saturated rings. The van der Waals surface area contributed by atoms with Crippen molar-refractivity contribution in [2.24, 2.45) is 0 Å². The van der Waals surface area contributed by atoms with Crippen LogP contribution in [0.15, 0.2) is 30.5 Å². The predicted octanol–water partition coefficient (Wildman–Crippen LogP) is 2.52. The zero-order valence-electron chi connectivity index (χ0n) is 10.4. The molecule has 94 valence electrons. The van der Waals surface area contributed by atoms with Crippen molar-refractivity contribution in [3.63, 3.8) is 0 Å². The van der Waals surface area contributed by atoms with Gasteiger partial charge in [-0.2, -0.15) is 0 Å². The summed E-state index contributed by atoms with van der Waals surface area (Å²) in [7, 11) is 0. The highest BCUT2D eigenvalue weighted by Crippen LogP contribution is 2.11. The van der Waals surface area contributed by atoms with Crippen molar-refractivity contribution in [3.8, 4) is 0 Å². The van der Waals surface area contributed by atoms with Crippen molar-refractivity contribution < 1.29 is 9.53 Å². The zero-order valence-corrected chi connectivity index (χ0v) is 10.4. The molecule has 0 bridgehead atoms. The smallest absolute Gasteiger partial charge is 0.305 e. The van der Waals surface area contributed by atoms with Crippen LogP contribution in [0.1, 0.15) is 25.5 Å². The predicted molar refractivity (Wildman–Crippen MR) is 69.1 cm³/mol. The van der Waals surface area contributed by atoms with Gasteiger partial charge in [-0.25, -0.2) is 9.97 Å². The van der Waals surface area contributed by atoms with E-state index >= 15 is 0 Å². The van der Waals surface area contributed by atoms with Gasteiger partial charge in [0.1, 0.15) is 0 Å². The lowest BCUT2D eigenvalue weighted by molar-refractivity contribution is -0.143. The summed E-state index contributed by atoms with van der Waals surface area (Å²) < 4.78 is 4.88. The number of nitrogens with zero attached hydrogens (tertiary/aromatic N) is 2. The maximum Gasteiger partial charge on any atom is 0.305 e. The first-order valence-corrected chi connectivity index (χ1v) is 6.16. The number of fused-ring (bicyclic) bond motifs is 1. The lowest BCUT2D eigenvalue weighted by Crippen LogP contribution is -2.04. The Morgan fingerprint density at radius 3 is 3.06 bits per heavy atom. The van der Waals surface area contributed by atoms with Crippen LogP contribution in [0.4, 0.5) is 0 Å². The summed E-state index contributed by atoms with van der Waals surface area (Å²) in [5.41, 5.74) is 1.72. The highest BCUT2D eigenvalue weighted by molar-refractivity contribution is 5.74. The Labute approximate surface area is 106 Å². The van der Waals surface area contributed by atoms with E-state index in [1.807, 2.05) is 31.2 Å². The van der Waals surface area contributed by atoms with E-state index in [-0.39, 0.29) is 5.97 Å². The second kappa shape index (κ2) is 6.10. The van der Waals surface area contributed by atoms with E-state index in [1.54, 1.807) is 6.20 Å². The third-order valence-corrected chi connectivity index (χ3v) is 2.64. The number of hydrogen-bond donors (Lipinski definition) is 0. The summed E-state index contributed by atoms with van der Waals surface area (Å²) >= 11 is 0. The number of ether oxygens (including phenoxy) is 1. The van der Waals surface area contributed by atoms with Gasteiger partial charge in [0.2, 0.25) is 0 Å². The molecule has 0 N–H and O–H groups in total. The van der Waals surface area contributed by atoms with E-state index in [4.69, 9.17) is 4.74 Å². The number of rotatable bonds is 5. The third-order valence-electron chi connectivity index (χ3n) is 2.64. The fourth-order valence-electron chi connectivity index (χ4n) is 1.78. The molecule has 0 radical (unpaired) electrons. The van der Waals surface area contributed by atoms with Crippen LogP contribution in [0.25, 0.3) is 11.0 Å². The van der Waals surface area contributed by atoms with Gasteiger partial charge in [0.05, 0.1) is 6.61 Å². The average Bonchev–Trinajstić information content (AvgIpc) is 2.39. The molecule has 2 aromatic heterocycles. The van der Waals surface area contributed by atoms with Crippen LogP contribution in [0.3, 0.4) is 0 Å². The summed E-state index contributed by atoms with van der Waals surface area (Å²) in [6, 6.07) is 7.87. The van der Waals surface area contributed by atoms with Gasteiger partial charge in [-0.05, 0) is 44.0 Å². The Balaban J connectivity index is 1.93. The first kappa shape index (κ1) is 12.5. The second-order valence-corrected chi connectivity index (χ2v) is 4.01. The topological polar surface area (TPSA) is 52.1 Å². The SMILES string of the molecule is CCOC(=O)CCCc1ccc2cccnc2n1. The van der Waals surface area contributed by atoms with Crippen molar-refractivity contribution in [1.82, 2.24) is 9.97 Å². The Kier molecular flexibility index (Phi) is 4.23. The summed E-state index contributed by atoms with van der Waals surface area (Å²) in [4.78, 5) is 19.9. The van der Waals surface area contributed by atoms with Crippen LogP contribution >= 0.6 is 0 Å². The molecule has 18 heavy (non-hydrogen) atoms. The molecule has 2 aromatic rings. The molecule has 0 spiro atoms. The van der Waals surface area contributed by atoms with Crippen molar-refractivity contribution in [3.05, 3.63) is 36.2 Å². The number of pyridine rings is 2. The summed E-state index contributed by atoms with van der Waals surface area (Å²) in [6.07, 6.45) is 3.70. The highest BCUT2D eigenvalue weighted by atomic mass is 16.5. The fraction of sp³-hybridized carbons (Fsp3) is 0.357. The molecule has 0 amide bonds. The molecule has 0 saturated heterocycles. The zero-order chi connectivity index (χ0) is 12.8. The van der Waals surface area contributed by atoms with E-state index in [1.165, 1.54) is 0 Å². The van der Waals surface area contributed by atoms with E-state index in [9.17, 15) is 4.79 Å².